The second-order valence-corrected chi connectivity index (χ2v) is 6.71. The SMILES string of the molecule is CN(CCn1cc(C(C)(C)C)nn1)C(C)(C)C. The smallest absolute Gasteiger partial charge is 0.0880 e. The van der Waals surface area contributed by atoms with Crippen LogP contribution in [0.1, 0.15) is 47.2 Å². The lowest BCUT2D eigenvalue weighted by molar-refractivity contribution is 0.167. The van der Waals surface area contributed by atoms with Gasteiger partial charge in [0.15, 0.2) is 0 Å². The molecule has 0 amide bonds. The van der Waals surface area contributed by atoms with Crippen molar-refractivity contribution >= 4 is 0 Å². The van der Waals surface area contributed by atoms with Gasteiger partial charge in [0, 0.05) is 23.7 Å². The minimum absolute atomic E-state index is 0.0776. The Bertz CT molecular complexity index is 354. The molecule has 0 bridgehead atoms. The summed E-state index contributed by atoms with van der Waals surface area (Å²) in [5.74, 6) is 0. The van der Waals surface area contributed by atoms with Crippen LogP contribution < -0.4 is 0 Å². The van der Waals surface area contributed by atoms with Gasteiger partial charge in [-0.25, -0.2) is 0 Å². The van der Waals surface area contributed by atoms with Crippen molar-refractivity contribution in [1.82, 2.24) is 19.9 Å². The van der Waals surface area contributed by atoms with Gasteiger partial charge >= 0.3 is 0 Å². The van der Waals surface area contributed by atoms with Gasteiger partial charge in [0.25, 0.3) is 0 Å². The molecule has 0 aliphatic heterocycles. The molecule has 0 fully saturated rings. The molecule has 0 spiro atoms. The van der Waals surface area contributed by atoms with Crippen LogP contribution in [0.2, 0.25) is 0 Å². The van der Waals surface area contributed by atoms with Crippen LogP contribution in [-0.2, 0) is 12.0 Å². The molecular weight excluding hydrogens is 212 g/mol. The molecule has 0 saturated carbocycles. The minimum Gasteiger partial charge on any atom is -0.300 e. The fourth-order valence-corrected chi connectivity index (χ4v) is 1.34. The van der Waals surface area contributed by atoms with Crippen LogP contribution in [0, 0.1) is 0 Å². The highest BCUT2D eigenvalue weighted by Crippen LogP contribution is 2.18. The molecule has 1 heterocycles. The maximum absolute atomic E-state index is 4.22. The van der Waals surface area contributed by atoms with E-state index in [2.05, 4.69) is 70.0 Å². The van der Waals surface area contributed by atoms with Gasteiger partial charge < -0.3 is 0 Å². The fourth-order valence-electron chi connectivity index (χ4n) is 1.34. The number of hydrogen-bond donors (Lipinski definition) is 0. The Kier molecular flexibility index (Phi) is 3.97. The number of hydrogen-bond acceptors (Lipinski definition) is 3. The van der Waals surface area contributed by atoms with Gasteiger partial charge in [0.1, 0.15) is 0 Å². The Hall–Kier alpha value is -0.900. The quantitative estimate of drug-likeness (QED) is 0.810. The van der Waals surface area contributed by atoms with E-state index in [1.54, 1.807) is 0 Å². The summed E-state index contributed by atoms with van der Waals surface area (Å²) in [6.45, 7) is 15.0. The summed E-state index contributed by atoms with van der Waals surface area (Å²) in [5.41, 5.74) is 1.33. The van der Waals surface area contributed by atoms with Gasteiger partial charge in [-0.2, -0.15) is 0 Å². The maximum atomic E-state index is 4.22. The monoisotopic (exact) mass is 238 g/mol. The van der Waals surface area contributed by atoms with Crippen molar-refractivity contribution in [2.75, 3.05) is 13.6 Å². The molecule has 0 aliphatic carbocycles. The van der Waals surface area contributed by atoms with Crippen LogP contribution in [-0.4, -0.2) is 39.0 Å². The Morgan fingerprint density at radius 2 is 1.76 bits per heavy atom. The number of likely N-dealkylation sites (N-methyl/N-ethyl adjacent to an activating group) is 1. The van der Waals surface area contributed by atoms with Gasteiger partial charge in [-0.3, -0.25) is 9.58 Å². The molecule has 0 N–H and O–H groups in total. The normalized spacial score (nSPS) is 13.4. The molecule has 1 aromatic rings. The van der Waals surface area contributed by atoms with E-state index in [1.165, 1.54) is 0 Å². The molecule has 0 aliphatic rings. The lowest BCUT2D eigenvalue weighted by Gasteiger charge is -2.31. The van der Waals surface area contributed by atoms with Crippen molar-refractivity contribution in [3.8, 4) is 0 Å². The third-order valence-electron chi connectivity index (χ3n) is 3.12. The molecule has 0 aromatic carbocycles. The van der Waals surface area contributed by atoms with Crippen LogP contribution in [0.4, 0.5) is 0 Å². The Morgan fingerprint density at radius 3 is 2.18 bits per heavy atom. The largest absolute Gasteiger partial charge is 0.300 e. The van der Waals surface area contributed by atoms with Crippen LogP contribution in [0.15, 0.2) is 6.20 Å². The van der Waals surface area contributed by atoms with Crippen LogP contribution in [0.25, 0.3) is 0 Å². The van der Waals surface area contributed by atoms with E-state index in [1.807, 2.05) is 4.68 Å². The van der Waals surface area contributed by atoms with Crippen molar-refractivity contribution < 1.29 is 0 Å². The first kappa shape index (κ1) is 14.2. The average Bonchev–Trinajstić information content (AvgIpc) is 2.59. The molecular formula is C13H26N4. The minimum atomic E-state index is 0.0776. The highest BCUT2D eigenvalue weighted by Gasteiger charge is 2.19. The Labute approximate surface area is 105 Å². The molecule has 1 rings (SSSR count). The van der Waals surface area contributed by atoms with Crippen molar-refractivity contribution in [3.63, 3.8) is 0 Å². The maximum Gasteiger partial charge on any atom is 0.0880 e. The molecule has 17 heavy (non-hydrogen) atoms. The number of rotatable bonds is 3. The molecule has 0 radical (unpaired) electrons. The van der Waals surface area contributed by atoms with E-state index in [-0.39, 0.29) is 11.0 Å². The average molecular weight is 238 g/mol. The molecule has 4 heteroatoms. The van der Waals surface area contributed by atoms with E-state index in [4.69, 9.17) is 0 Å². The highest BCUT2D eigenvalue weighted by atomic mass is 15.4. The summed E-state index contributed by atoms with van der Waals surface area (Å²) in [7, 11) is 2.14. The topological polar surface area (TPSA) is 34.0 Å². The molecule has 0 atom stereocenters. The van der Waals surface area contributed by atoms with Crippen molar-refractivity contribution in [1.29, 1.82) is 0 Å². The predicted octanol–water partition coefficient (Wildman–Crippen LogP) is 2.31. The van der Waals surface area contributed by atoms with Gasteiger partial charge in [-0.1, -0.05) is 26.0 Å². The summed E-state index contributed by atoms with van der Waals surface area (Å²) in [6, 6.07) is 0. The number of nitrogens with zero attached hydrogens (tertiary/aromatic N) is 4. The van der Waals surface area contributed by atoms with Crippen molar-refractivity contribution in [3.05, 3.63) is 11.9 Å². The summed E-state index contributed by atoms with van der Waals surface area (Å²) < 4.78 is 1.93. The second-order valence-electron chi connectivity index (χ2n) is 6.71. The van der Waals surface area contributed by atoms with E-state index in [9.17, 15) is 0 Å². The van der Waals surface area contributed by atoms with Gasteiger partial charge in [-0.15, -0.1) is 5.10 Å². The first-order chi connectivity index (χ1) is 7.60. The molecule has 1 aromatic heterocycles. The Balaban J connectivity index is 2.57. The lowest BCUT2D eigenvalue weighted by Crippen LogP contribution is -2.40. The fraction of sp³-hybridized carbons (Fsp3) is 0.846. The first-order valence-electron chi connectivity index (χ1n) is 6.22. The van der Waals surface area contributed by atoms with Crippen molar-refractivity contribution in [2.24, 2.45) is 0 Å². The molecule has 4 nitrogen and oxygen atoms in total. The van der Waals surface area contributed by atoms with Gasteiger partial charge in [0.2, 0.25) is 0 Å². The predicted molar refractivity (Wildman–Crippen MR) is 71.1 cm³/mol. The standard InChI is InChI=1S/C13H26N4/c1-12(2,3)11-10-17(15-14-11)9-8-16(7)13(4,5)6/h10H,8-9H2,1-7H3. The van der Waals surface area contributed by atoms with Gasteiger partial charge in [-0.05, 0) is 27.8 Å². The van der Waals surface area contributed by atoms with Crippen LogP contribution >= 0.6 is 0 Å². The molecule has 0 unspecified atom stereocenters. The third kappa shape index (κ3) is 4.11. The zero-order valence-electron chi connectivity index (χ0n) is 12.3. The lowest BCUT2D eigenvalue weighted by atomic mass is 9.93. The van der Waals surface area contributed by atoms with E-state index < -0.39 is 0 Å². The molecule has 98 valence electrons. The van der Waals surface area contributed by atoms with E-state index in [0.29, 0.717) is 0 Å². The summed E-state index contributed by atoms with van der Waals surface area (Å²) in [5, 5.41) is 8.40. The second kappa shape index (κ2) is 4.77. The summed E-state index contributed by atoms with van der Waals surface area (Å²) >= 11 is 0. The van der Waals surface area contributed by atoms with E-state index in [0.717, 1.165) is 18.8 Å². The third-order valence-corrected chi connectivity index (χ3v) is 3.12. The summed E-state index contributed by atoms with van der Waals surface area (Å²) in [6.07, 6.45) is 2.05. The molecule has 0 saturated heterocycles. The zero-order chi connectivity index (χ0) is 13.3. The first-order valence-corrected chi connectivity index (χ1v) is 6.22. The van der Waals surface area contributed by atoms with Gasteiger partial charge in [0.05, 0.1) is 12.2 Å². The zero-order valence-corrected chi connectivity index (χ0v) is 12.3. The van der Waals surface area contributed by atoms with Crippen molar-refractivity contribution in [2.45, 2.75) is 59.0 Å². The Morgan fingerprint density at radius 1 is 1.18 bits per heavy atom. The van der Waals surface area contributed by atoms with Crippen LogP contribution in [0.3, 0.4) is 0 Å². The highest BCUT2D eigenvalue weighted by molar-refractivity contribution is 5.06. The van der Waals surface area contributed by atoms with E-state index >= 15 is 0 Å². The summed E-state index contributed by atoms with van der Waals surface area (Å²) in [4.78, 5) is 2.32. The number of aromatic nitrogens is 3. The van der Waals surface area contributed by atoms with Crippen LogP contribution in [0.5, 0.6) is 0 Å².